The maximum atomic E-state index is 14.5. The minimum Gasteiger partial charge on any atom is -0.504 e. The third-order valence-electron chi connectivity index (χ3n) is 5.38. The quantitative estimate of drug-likeness (QED) is 0.537. The summed E-state index contributed by atoms with van der Waals surface area (Å²) in [7, 11) is 1.41. The topological polar surface area (TPSA) is 98.3 Å². The van der Waals surface area contributed by atoms with Gasteiger partial charge in [0.15, 0.2) is 11.6 Å². The van der Waals surface area contributed by atoms with Crippen LogP contribution >= 0.6 is 0 Å². The number of aromatic amines is 1. The normalized spacial score (nSPS) is 13.6. The molecule has 3 N–H and O–H groups in total. The molecule has 0 radical (unpaired) electrons. The van der Waals surface area contributed by atoms with Crippen molar-refractivity contribution in [2.45, 2.75) is 32.7 Å². The van der Waals surface area contributed by atoms with Crippen molar-refractivity contribution >= 4 is 16.8 Å². The molecule has 7 nitrogen and oxygen atoms in total. The van der Waals surface area contributed by atoms with Crippen molar-refractivity contribution in [3.8, 4) is 5.75 Å². The molecule has 1 saturated heterocycles. The summed E-state index contributed by atoms with van der Waals surface area (Å²) in [6.07, 6.45) is 3.03. The first-order valence-corrected chi connectivity index (χ1v) is 10.5. The molecule has 0 atom stereocenters. The van der Waals surface area contributed by atoms with Crippen molar-refractivity contribution in [3.05, 3.63) is 69.3 Å². The summed E-state index contributed by atoms with van der Waals surface area (Å²) in [4.78, 5) is 30.9. The highest BCUT2D eigenvalue weighted by molar-refractivity contribution is 5.92. The zero-order chi connectivity index (χ0) is 23.3. The molecule has 1 aliphatic rings. The van der Waals surface area contributed by atoms with Gasteiger partial charge in [0.25, 0.3) is 17.4 Å². The van der Waals surface area contributed by atoms with Crippen LogP contribution < -0.4 is 10.9 Å². The number of carbonyl (C=O) groups is 1. The Kier molecular flexibility index (Phi) is 7.53. The van der Waals surface area contributed by atoms with Gasteiger partial charge in [-0.3, -0.25) is 14.5 Å². The van der Waals surface area contributed by atoms with E-state index in [2.05, 4.69) is 20.2 Å². The Labute approximate surface area is 184 Å². The van der Waals surface area contributed by atoms with Crippen molar-refractivity contribution in [2.75, 3.05) is 20.1 Å². The highest BCUT2D eigenvalue weighted by Crippen LogP contribution is 2.22. The molecule has 9 heteroatoms. The molecule has 0 unspecified atom stereocenters. The summed E-state index contributed by atoms with van der Waals surface area (Å²) in [6, 6.07) is 7.84. The van der Waals surface area contributed by atoms with Crippen LogP contribution in [0.2, 0.25) is 0 Å². The average Bonchev–Trinajstić information content (AvgIpc) is 3.31. The molecule has 170 valence electrons. The number of hydrogen-bond donors (Lipinski definition) is 3. The van der Waals surface area contributed by atoms with E-state index in [1.165, 1.54) is 26.0 Å². The van der Waals surface area contributed by atoms with Crippen LogP contribution in [-0.4, -0.2) is 46.0 Å². The van der Waals surface area contributed by atoms with Gasteiger partial charge in [-0.05, 0) is 50.6 Å². The molecule has 4 rings (SSSR count). The highest BCUT2D eigenvalue weighted by Gasteiger charge is 2.16. The van der Waals surface area contributed by atoms with E-state index in [0.717, 1.165) is 24.5 Å². The number of rotatable bonds is 4. The fraction of sp³-hybridized carbons (Fsp3) is 0.348. The van der Waals surface area contributed by atoms with Crippen LogP contribution in [0, 0.1) is 11.8 Å². The second kappa shape index (κ2) is 10.3. The van der Waals surface area contributed by atoms with E-state index in [4.69, 9.17) is 5.11 Å². The van der Waals surface area contributed by atoms with E-state index in [-0.39, 0.29) is 17.1 Å². The monoisotopic (exact) mass is 444 g/mol. The predicted octanol–water partition coefficient (Wildman–Crippen LogP) is 3.11. The number of nitrogens with one attached hydrogen (secondary N) is 2. The molecule has 1 fully saturated rings. The number of likely N-dealkylation sites (tertiary alicyclic amines) is 1. The summed E-state index contributed by atoms with van der Waals surface area (Å²) in [5, 5.41) is 11.8. The minimum absolute atomic E-state index is 0.0622. The second-order valence-electron chi connectivity index (χ2n) is 7.55. The molecular formula is C23H26F2N4O3. The molecule has 32 heavy (non-hydrogen) atoms. The van der Waals surface area contributed by atoms with E-state index in [1.807, 2.05) is 19.1 Å². The maximum absolute atomic E-state index is 14.5. The number of nitrogens with zero attached hydrogens (tertiary/aromatic N) is 2. The van der Waals surface area contributed by atoms with Crippen molar-refractivity contribution in [1.29, 1.82) is 0 Å². The molecule has 3 heterocycles. The first-order valence-electron chi connectivity index (χ1n) is 10.5. The Morgan fingerprint density at radius 2 is 1.91 bits per heavy atom. The molecule has 0 saturated carbocycles. The molecule has 0 spiro atoms. The summed E-state index contributed by atoms with van der Waals surface area (Å²) in [5.41, 5.74) is 1.46. The van der Waals surface area contributed by atoms with E-state index in [9.17, 15) is 18.4 Å². The third-order valence-corrected chi connectivity index (χ3v) is 5.38. The fourth-order valence-corrected chi connectivity index (χ4v) is 3.58. The van der Waals surface area contributed by atoms with Crippen molar-refractivity contribution < 1.29 is 18.7 Å². The number of aryl methyl sites for hydroxylation is 1. The molecule has 0 bridgehead atoms. The number of amides is 1. The van der Waals surface area contributed by atoms with E-state index >= 15 is 0 Å². The molecule has 2 aromatic heterocycles. The van der Waals surface area contributed by atoms with Crippen molar-refractivity contribution in [2.24, 2.45) is 0 Å². The third kappa shape index (κ3) is 5.28. The number of H-pyrrole nitrogens is 1. The molecule has 0 aliphatic carbocycles. The van der Waals surface area contributed by atoms with Gasteiger partial charge in [0.2, 0.25) is 0 Å². The smallest absolute Gasteiger partial charge is 0.269 e. The lowest BCUT2D eigenvalue weighted by Crippen LogP contribution is -2.19. The van der Waals surface area contributed by atoms with Gasteiger partial charge in [-0.2, -0.15) is 4.39 Å². The Morgan fingerprint density at radius 3 is 2.53 bits per heavy atom. The first kappa shape index (κ1) is 23.3. The lowest BCUT2D eigenvalue weighted by atomic mass is 10.1. The van der Waals surface area contributed by atoms with Gasteiger partial charge in [0.05, 0.1) is 5.52 Å². The van der Waals surface area contributed by atoms with Gasteiger partial charge in [0, 0.05) is 30.1 Å². The number of aromatic hydroxyl groups is 1. The van der Waals surface area contributed by atoms with Crippen LogP contribution in [0.1, 0.15) is 41.4 Å². The van der Waals surface area contributed by atoms with Gasteiger partial charge in [-0.15, -0.1) is 0 Å². The van der Waals surface area contributed by atoms with E-state index in [0.29, 0.717) is 29.6 Å². The molecule has 1 aromatic carbocycles. The Morgan fingerprint density at radius 1 is 1.19 bits per heavy atom. The lowest BCUT2D eigenvalue weighted by molar-refractivity contribution is 0.0957. The van der Waals surface area contributed by atoms with Gasteiger partial charge in [0.1, 0.15) is 5.69 Å². The van der Waals surface area contributed by atoms with Crippen LogP contribution in [0.5, 0.6) is 5.75 Å². The number of aromatic nitrogens is 2. The molecule has 3 aromatic rings. The number of hydrogen-bond acceptors (Lipinski definition) is 5. The van der Waals surface area contributed by atoms with Crippen LogP contribution in [-0.2, 0) is 13.0 Å². The number of carbonyl (C=O) groups excluding carboxylic acids is 1. The van der Waals surface area contributed by atoms with Crippen LogP contribution in [0.25, 0.3) is 10.9 Å². The van der Waals surface area contributed by atoms with Gasteiger partial charge >= 0.3 is 0 Å². The summed E-state index contributed by atoms with van der Waals surface area (Å²) in [5.74, 6) is -2.39. The second-order valence-corrected chi connectivity index (χ2v) is 7.55. The standard InChI is InChI=1S/C16H19FN2O.C7H7FN2O2/c1-2-11-9-12-5-6-13(10-19-7-3-4-8-19)14(17)15(12)18-16(11)20;1-9-7(12)4-2-3-5(11)6(8)10-4/h5-6,9H,2-4,7-8,10H2,1H3,(H,18,20);2-3,11H,1H3,(H,9,12). The van der Waals surface area contributed by atoms with Crippen LogP contribution in [0.4, 0.5) is 8.78 Å². The van der Waals surface area contributed by atoms with E-state index in [1.54, 1.807) is 6.07 Å². The zero-order valence-corrected chi connectivity index (χ0v) is 18.0. The first-order chi connectivity index (χ1) is 15.3. The Bertz CT molecular complexity index is 1170. The molecule has 1 amide bonds. The minimum atomic E-state index is -1.05. The van der Waals surface area contributed by atoms with Crippen LogP contribution in [0.15, 0.2) is 35.1 Å². The average molecular weight is 444 g/mol. The number of halogens is 2. The molecule has 1 aliphatic heterocycles. The highest BCUT2D eigenvalue weighted by atomic mass is 19.1. The Balaban J connectivity index is 0.000000207. The van der Waals surface area contributed by atoms with Gasteiger partial charge in [-0.1, -0.05) is 19.1 Å². The summed E-state index contributed by atoms with van der Waals surface area (Å²) < 4.78 is 27.1. The Hall–Kier alpha value is -3.33. The predicted molar refractivity (Wildman–Crippen MR) is 118 cm³/mol. The van der Waals surface area contributed by atoms with Crippen LogP contribution in [0.3, 0.4) is 0 Å². The largest absolute Gasteiger partial charge is 0.504 e. The zero-order valence-electron chi connectivity index (χ0n) is 18.0. The van der Waals surface area contributed by atoms with Gasteiger partial charge < -0.3 is 15.4 Å². The summed E-state index contributed by atoms with van der Waals surface area (Å²) >= 11 is 0. The van der Waals surface area contributed by atoms with Crippen molar-refractivity contribution in [3.63, 3.8) is 0 Å². The fourth-order valence-electron chi connectivity index (χ4n) is 3.58. The van der Waals surface area contributed by atoms with E-state index < -0.39 is 17.6 Å². The lowest BCUT2D eigenvalue weighted by Gasteiger charge is -2.15. The SMILES string of the molecule is CCc1cc2ccc(CN3CCCC3)c(F)c2[nH]c1=O.CNC(=O)c1ccc(O)c(F)n1. The van der Waals surface area contributed by atoms with Gasteiger partial charge in [-0.25, -0.2) is 9.37 Å². The van der Waals surface area contributed by atoms with Crippen molar-refractivity contribution in [1.82, 2.24) is 20.2 Å². The molecular weight excluding hydrogens is 418 g/mol. The maximum Gasteiger partial charge on any atom is 0.269 e. The number of fused-ring (bicyclic) bond motifs is 1. The summed E-state index contributed by atoms with van der Waals surface area (Å²) in [6.45, 7) is 4.61. The number of pyridine rings is 2. The number of benzene rings is 1.